The van der Waals surface area contributed by atoms with Gasteiger partial charge in [-0.2, -0.15) is 0 Å². The molecule has 2 bridgehead atoms. The lowest BCUT2D eigenvalue weighted by Crippen LogP contribution is -2.57. The van der Waals surface area contributed by atoms with Gasteiger partial charge in [-0.1, -0.05) is 0 Å². The lowest BCUT2D eigenvalue weighted by Gasteiger charge is -2.46. The Bertz CT molecular complexity index is 349. The van der Waals surface area contributed by atoms with E-state index in [1.807, 2.05) is 20.8 Å². The lowest BCUT2D eigenvalue weighted by molar-refractivity contribution is 0.0200. The van der Waals surface area contributed by atoms with Crippen LogP contribution in [0.1, 0.15) is 59.8 Å². The van der Waals surface area contributed by atoms with Crippen molar-refractivity contribution in [1.29, 1.82) is 0 Å². The van der Waals surface area contributed by atoms with E-state index in [1.54, 1.807) is 4.90 Å². The summed E-state index contributed by atoms with van der Waals surface area (Å²) in [6, 6.07) is 0.164. The molecule has 2 rings (SSSR count). The Hall–Kier alpha value is -0.770. The van der Waals surface area contributed by atoms with E-state index in [9.17, 15) is 9.90 Å². The summed E-state index contributed by atoms with van der Waals surface area (Å²) in [5, 5.41) is 9.60. The van der Waals surface area contributed by atoms with Crippen LogP contribution in [0.4, 0.5) is 4.79 Å². The Labute approximate surface area is 110 Å². The molecule has 0 aliphatic heterocycles. The molecule has 1 amide bonds. The fraction of sp³-hybridized carbons (Fsp3) is 0.929. The molecule has 0 aromatic heterocycles. The fourth-order valence-electron chi connectivity index (χ4n) is 4.34. The zero-order valence-corrected chi connectivity index (χ0v) is 12.0. The molecule has 0 aromatic rings. The van der Waals surface area contributed by atoms with Crippen molar-refractivity contribution >= 4 is 6.09 Å². The van der Waals surface area contributed by atoms with E-state index in [4.69, 9.17) is 5.73 Å². The normalized spacial score (nSPS) is 36.7. The van der Waals surface area contributed by atoms with Gasteiger partial charge in [0.1, 0.15) is 0 Å². The Kier molecular flexibility index (Phi) is 2.93. The van der Waals surface area contributed by atoms with Gasteiger partial charge in [0, 0.05) is 17.1 Å². The fourth-order valence-corrected chi connectivity index (χ4v) is 4.34. The van der Waals surface area contributed by atoms with Gasteiger partial charge in [-0.25, -0.2) is 4.79 Å². The van der Waals surface area contributed by atoms with Gasteiger partial charge < -0.3 is 10.8 Å². The second-order valence-corrected chi connectivity index (χ2v) is 7.34. The number of hydrogen-bond donors (Lipinski definition) is 2. The number of carbonyl (C=O) groups is 1. The summed E-state index contributed by atoms with van der Waals surface area (Å²) in [6.45, 7) is 8.03. The van der Waals surface area contributed by atoms with Crippen LogP contribution in [0.5, 0.6) is 0 Å². The Morgan fingerprint density at radius 1 is 1.28 bits per heavy atom. The van der Waals surface area contributed by atoms with E-state index >= 15 is 0 Å². The standard InChI is InChI=1S/C14H26N2O2/c1-10(15)13-5-7-14(9-13,8-6-13)16(11(17)18)12(2,3)4/h10H,5-9,15H2,1-4H3,(H,17,18). The van der Waals surface area contributed by atoms with E-state index in [0.717, 1.165) is 32.1 Å². The average Bonchev–Trinajstić information content (AvgIpc) is 2.71. The third kappa shape index (κ3) is 1.81. The maximum atomic E-state index is 11.7. The summed E-state index contributed by atoms with van der Waals surface area (Å²) in [4.78, 5) is 13.4. The molecule has 1 unspecified atom stereocenters. The van der Waals surface area contributed by atoms with Gasteiger partial charge in [0.05, 0.1) is 0 Å². The molecule has 3 N–H and O–H groups in total. The molecule has 2 saturated carbocycles. The summed E-state index contributed by atoms with van der Waals surface area (Å²) in [5.41, 5.74) is 5.82. The van der Waals surface area contributed by atoms with E-state index in [2.05, 4.69) is 6.92 Å². The molecule has 4 heteroatoms. The lowest BCUT2D eigenvalue weighted by atomic mass is 9.78. The molecule has 4 nitrogen and oxygen atoms in total. The molecule has 2 aliphatic carbocycles. The summed E-state index contributed by atoms with van der Waals surface area (Å²) in [6.07, 6.45) is 4.25. The van der Waals surface area contributed by atoms with Gasteiger partial charge in [-0.3, -0.25) is 4.90 Å². The number of fused-ring (bicyclic) bond motifs is 2. The van der Waals surface area contributed by atoms with Gasteiger partial charge in [0.15, 0.2) is 0 Å². The number of nitrogens with two attached hydrogens (primary N) is 1. The molecule has 2 aliphatic rings. The van der Waals surface area contributed by atoms with Crippen LogP contribution in [0.25, 0.3) is 0 Å². The minimum absolute atomic E-state index is 0.164. The number of rotatable bonds is 2. The molecule has 18 heavy (non-hydrogen) atoms. The number of nitrogens with zero attached hydrogens (tertiary/aromatic N) is 1. The van der Waals surface area contributed by atoms with Gasteiger partial charge >= 0.3 is 6.09 Å². The van der Waals surface area contributed by atoms with Crippen LogP contribution in [0.3, 0.4) is 0 Å². The van der Waals surface area contributed by atoms with E-state index in [-0.39, 0.29) is 22.5 Å². The van der Waals surface area contributed by atoms with Crippen LogP contribution in [0.2, 0.25) is 0 Å². The summed E-state index contributed by atoms with van der Waals surface area (Å²) in [5.74, 6) is 0. The third-order valence-electron chi connectivity index (χ3n) is 5.16. The SMILES string of the molecule is CC(N)C12CCC(N(C(=O)O)C(C)(C)C)(CC1)C2. The van der Waals surface area contributed by atoms with E-state index in [1.165, 1.54) is 0 Å². The van der Waals surface area contributed by atoms with Crippen LogP contribution in [-0.4, -0.2) is 33.2 Å². The highest BCUT2D eigenvalue weighted by molar-refractivity contribution is 5.67. The van der Waals surface area contributed by atoms with Crippen LogP contribution < -0.4 is 5.73 Å². The predicted octanol–water partition coefficient (Wildman–Crippen LogP) is 2.82. The predicted molar refractivity (Wildman–Crippen MR) is 71.5 cm³/mol. The first-order valence-corrected chi connectivity index (χ1v) is 6.92. The number of hydrogen-bond acceptors (Lipinski definition) is 2. The quantitative estimate of drug-likeness (QED) is 0.796. The zero-order chi connectivity index (χ0) is 13.8. The largest absolute Gasteiger partial charge is 0.465 e. The highest BCUT2D eigenvalue weighted by Gasteiger charge is 2.60. The zero-order valence-electron chi connectivity index (χ0n) is 12.0. The maximum Gasteiger partial charge on any atom is 0.408 e. The van der Waals surface area contributed by atoms with Crippen molar-refractivity contribution in [2.24, 2.45) is 11.1 Å². The third-order valence-corrected chi connectivity index (χ3v) is 5.16. The van der Waals surface area contributed by atoms with Gasteiger partial charge in [-0.15, -0.1) is 0 Å². The van der Waals surface area contributed by atoms with Crippen LogP contribution in [0.15, 0.2) is 0 Å². The molecular weight excluding hydrogens is 228 g/mol. The first kappa shape index (κ1) is 13.7. The van der Waals surface area contributed by atoms with Gasteiger partial charge in [0.25, 0.3) is 0 Å². The van der Waals surface area contributed by atoms with E-state index in [0.29, 0.717) is 0 Å². The number of carboxylic acid groups (broad SMARTS) is 1. The van der Waals surface area contributed by atoms with Crippen molar-refractivity contribution in [1.82, 2.24) is 4.90 Å². The molecule has 0 radical (unpaired) electrons. The van der Waals surface area contributed by atoms with Crippen molar-refractivity contribution in [3.63, 3.8) is 0 Å². The smallest absolute Gasteiger partial charge is 0.408 e. The average molecular weight is 254 g/mol. The Morgan fingerprint density at radius 3 is 2.06 bits per heavy atom. The second kappa shape index (κ2) is 3.86. The van der Waals surface area contributed by atoms with Gasteiger partial charge in [-0.05, 0) is 65.2 Å². The minimum Gasteiger partial charge on any atom is -0.465 e. The first-order chi connectivity index (χ1) is 8.13. The Balaban J connectivity index is 2.32. The van der Waals surface area contributed by atoms with Crippen molar-refractivity contribution in [3.05, 3.63) is 0 Å². The molecular formula is C14H26N2O2. The maximum absolute atomic E-state index is 11.7. The first-order valence-electron chi connectivity index (χ1n) is 6.92. The summed E-state index contributed by atoms with van der Waals surface area (Å²) >= 11 is 0. The van der Waals surface area contributed by atoms with Crippen molar-refractivity contribution < 1.29 is 9.90 Å². The highest BCUT2D eigenvalue weighted by atomic mass is 16.4. The van der Waals surface area contributed by atoms with Crippen LogP contribution >= 0.6 is 0 Å². The molecule has 2 fully saturated rings. The topological polar surface area (TPSA) is 66.6 Å². The Morgan fingerprint density at radius 2 is 1.78 bits per heavy atom. The van der Waals surface area contributed by atoms with Crippen molar-refractivity contribution in [3.8, 4) is 0 Å². The molecule has 0 saturated heterocycles. The highest BCUT2D eigenvalue weighted by Crippen LogP contribution is 2.61. The molecule has 0 heterocycles. The summed E-state index contributed by atoms with van der Waals surface area (Å²) < 4.78 is 0. The molecule has 104 valence electrons. The van der Waals surface area contributed by atoms with Crippen molar-refractivity contribution in [2.75, 3.05) is 0 Å². The minimum atomic E-state index is -0.787. The number of amides is 1. The monoisotopic (exact) mass is 254 g/mol. The van der Waals surface area contributed by atoms with Crippen LogP contribution in [-0.2, 0) is 0 Å². The second-order valence-electron chi connectivity index (χ2n) is 7.34. The molecule has 0 spiro atoms. The molecule has 1 atom stereocenters. The van der Waals surface area contributed by atoms with Crippen LogP contribution in [0, 0.1) is 5.41 Å². The van der Waals surface area contributed by atoms with E-state index < -0.39 is 6.09 Å². The molecule has 0 aromatic carbocycles. The van der Waals surface area contributed by atoms with Crippen molar-refractivity contribution in [2.45, 2.75) is 76.9 Å². The van der Waals surface area contributed by atoms with Gasteiger partial charge in [0.2, 0.25) is 0 Å². The summed E-state index contributed by atoms with van der Waals surface area (Å²) in [7, 11) is 0.